The zero-order chi connectivity index (χ0) is 18.3. The zero-order valence-corrected chi connectivity index (χ0v) is 15.5. The molecular formula is C21H26N6. The van der Waals surface area contributed by atoms with Gasteiger partial charge in [0.05, 0.1) is 6.04 Å². The number of aromatic amines is 1. The summed E-state index contributed by atoms with van der Waals surface area (Å²) in [5.74, 6) is 1.59. The molecule has 1 atom stereocenters. The van der Waals surface area contributed by atoms with Crippen molar-refractivity contribution in [2.75, 3.05) is 25.0 Å². The molecule has 0 radical (unpaired) electrons. The molecule has 3 aromatic rings. The van der Waals surface area contributed by atoms with Gasteiger partial charge in [-0.2, -0.15) is 5.10 Å². The third kappa shape index (κ3) is 4.71. The second-order valence-electron chi connectivity index (χ2n) is 7.03. The maximum Gasteiger partial charge on any atom is 0.181 e. The van der Waals surface area contributed by atoms with Gasteiger partial charge < -0.3 is 10.2 Å². The quantitative estimate of drug-likeness (QED) is 0.667. The smallest absolute Gasteiger partial charge is 0.181 e. The molecule has 1 fully saturated rings. The summed E-state index contributed by atoms with van der Waals surface area (Å²) in [6, 6.07) is 14.3. The standard InChI is InChI=1S/C21H26N6/c1-3-7-18(8-4-1)23-19(11-16-27-14-5-2-6-15-27)21-24-20(25-26-21)17-9-12-22-13-10-17/h1,3-4,7-10,12-13,19,23H,2,5-6,11,14-16H2,(H,24,25,26). The molecule has 2 aromatic heterocycles. The van der Waals surface area contributed by atoms with Crippen LogP contribution in [0.4, 0.5) is 5.69 Å². The molecule has 6 heteroatoms. The number of hydrogen-bond acceptors (Lipinski definition) is 5. The van der Waals surface area contributed by atoms with Crippen LogP contribution in [-0.4, -0.2) is 44.7 Å². The molecule has 4 rings (SSSR count). The van der Waals surface area contributed by atoms with Gasteiger partial charge in [-0.25, -0.2) is 4.98 Å². The van der Waals surface area contributed by atoms with Crippen LogP contribution >= 0.6 is 0 Å². The molecule has 0 spiro atoms. The van der Waals surface area contributed by atoms with E-state index < -0.39 is 0 Å². The number of H-pyrrole nitrogens is 1. The highest BCUT2D eigenvalue weighted by Crippen LogP contribution is 2.23. The Kier molecular flexibility index (Phi) is 5.74. The van der Waals surface area contributed by atoms with Crippen molar-refractivity contribution in [2.45, 2.75) is 31.7 Å². The molecule has 1 aliphatic rings. The Bertz CT molecular complexity index is 811. The number of pyridine rings is 1. The van der Waals surface area contributed by atoms with E-state index in [2.05, 4.69) is 37.5 Å². The minimum Gasteiger partial charge on any atom is -0.375 e. The van der Waals surface area contributed by atoms with Crippen LogP contribution in [0.1, 0.15) is 37.5 Å². The van der Waals surface area contributed by atoms with Crippen LogP contribution in [0.25, 0.3) is 11.4 Å². The first-order valence-electron chi connectivity index (χ1n) is 9.75. The van der Waals surface area contributed by atoms with Gasteiger partial charge in [-0.3, -0.25) is 10.1 Å². The van der Waals surface area contributed by atoms with E-state index in [4.69, 9.17) is 4.98 Å². The molecule has 3 heterocycles. The van der Waals surface area contributed by atoms with Gasteiger partial charge in [0.15, 0.2) is 5.82 Å². The molecule has 2 N–H and O–H groups in total. The lowest BCUT2D eigenvalue weighted by Crippen LogP contribution is -2.32. The molecule has 0 amide bonds. The third-order valence-corrected chi connectivity index (χ3v) is 5.07. The SMILES string of the molecule is c1ccc(NC(CCN2CCCCC2)c2nc(-c3ccncc3)n[nH]2)cc1. The van der Waals surface area contributed by atoms with E-state index in [0.717, 1.165) is 30.0 Å². The lowest BCUT2D eigenvalue weighted by Gasteiger charge is -2.28. The van der Waals surface area contributed by atoms with Gasteiger partial charge in [0, 0.05) is 30.2 Å². The van der Waals surface area contributed by atoms with Crippen molar-refractivity contribution in [3.05, 3.63) is 60.7 Å². The van der Waals surface area contributed by atoms with E-state index in [1.807, 2.05) is 30.3 Å². The van der Waals surface area contributed by atoms with E-state index in [9.17, 15) is 0 Å². The van der Waals surface area contributed by atoms with Crippen molar-refractivity contribution in [3.8, 4) is 11.4 Å². The summed E-state index contributed by atoms with van der Waals surface area (Å²) in [6.07, 6.45) is 8.50. The van der Waals surface area contributed by atoms with Crippen LogP contribution in [0, 0.1) is 0 Å². The number of piperidine rings is 1. The number of para-hydroxylation sites is 1. The Morgan fingerprint density at radius 2 is 1.78 bits per heavy atom. The Labute approximate surface area is 160 Å². The molecule has 1 aromatic carbocycles. The average molecular weight is 362 g/mol. The largest absolute Gasteiger partial charge is 0.375 e. The minimum absolute atomic E-state index is 0.0948. The highest BCUT2D eigenvalue weighted by molar-refractivity contribution is 5.53. The molecule has 1 unspecified atom stereocenters. The number of likely N-dealkylation sites (tertiary alicyclic amines) is 1. The molecule has 140 valence electrons. The first-order valence-corrected chi connectivity index (χ1v) is 9.75. The number of nitrogens with one attached hydrogen (secondary N) is 2. The monoisotopic (exact) mass is 362 g/mol. The van der Waals surface area contributed by atoms with E-state index in [-0.39, 0.29) is 6.04 Å². The zero-order valence-electron chi connectivity index (χ0n) is 15.5. The van der Waals surface area contributed by atoms with Crippen LogP contribution < -0.4 is 5.32 Å². The van der Waals surface area contributed by atoms with Crippen LogP contribution in [0.3, 0.4) is 0 Å². The normalized spacial score (nSPS) is 16.1. The summed E-state index contributed by atoms with van der Waals surface area (Å²) in [4.78, 5) is 11.4. The van der Waals surface area contributed by atoms with Gasteiger partial charge in [0.25, 0.3) is 0 Å². The van der Waals surface area contributed by atoms with Crippen molar-refractivity contribution < 1.29 is 0 Å². The Morgan fingerprint density at radius 3 is 2.56 bits per heavy atom. The Hall–Kier alpha value is -2.73. The third-order valence-electron chi connectivity index (χ3n) is 5.07. The summed E-state index contributed by atoms with van der Waals surface area (Å²) in [6.45, 7) is 3.48. The molecule has 27 heavy (non-hydrogen) atoms. The average Bonchev–Trinajstić information content (AvgIpc) is 3.23. The van der Waals surface area contributed by atoms with Crippen molar-refractivity contribution >= 4 is 5.69 Å². The number of aromatic nitrogens is 4. The number of hydrogen-bond donors (Lipinski definition) is 2. The van der Waals surface area contributed by atoms with Crippen molar-refractivity contribution in [1.29, 1.82) is 0 Å². The van der Waals surface area contributed by atoms with E-state index in [1.165, 1.54) is 32.4 Å². The Morgan fingerprint density at radius 1 is 1.00 bits per heavy atom. The summed E-state index contributed by atoms with van der Waals surface area (Å²) in [5, 5.41) is 11.2. The fourth-order valence-corrected chi connectivity index (χ4v) is 3.57. The molecular weight excluding hydrogens is 336 g/mol. The van der Waals surface area contributed by atoms with Crippen LogP contribution in [0.2, 0.25) is 0 Å². The predicted octanol–water partition coefficient (Wildman–Crippen LogP) is 3.90. The molecule has 6 nitrogen and oxygen atoms in total. The molecule has 0 bridgehead atoms. The van der Waals surface area contributed by atoms with Crippen molar-refractivity contribution in [2.24, 2.45) is 0 Å². The van der Waals surface area contributed by atoms with E-state index in [0.29, 0.717) is 5.82 Å². The number of anilines is 1. The number of benzene rings is 1. The highest BCUT2D eigenvalue weighted by atomic mass is 15.2. The van der Waals surface area contributed by atoms with Gasteiger partial charge >= 0.3 is 0 Å². The number of rotatable bonds is 7. The lowest BCUT2D eigenvalue weighted by molar-refractivity contribution is 0.222. The highest BCUT2D eigenvalue weighted by Gasteiger charge is 2.19. The van der Waals surface area contributed by atoms with E-state index in [1.54, 1.807) is 12.4 Å². The second kappa shape index (κ2) is 8.77. The maximum absolute atomic E-state index is 4.77. The van der Waals surface area contributed by atoms with Crippen molar-refractivity contribution in [1.82, 2.24) is 25.1 Å². The molecule has 0 saturated carbocycles. The molecule has 1 saturated heterocycles. The van der Waals surface area contributed by atoms with Gasteiger partial charge in [-0.05, 0) is 56.6 Å². The summed E-state index contributed by atoms with van der Waals surface area (Å²) >= 11 is 0. The minimum atomic E-state index is 0.0948. The molecule has 1 aliphatic heterocycles. The molecule has 0 aliphatic carbocycles. The fraction of sp³-hybridized carbons (Fsp3) is 0.381. The fourth-order valence-electron chi connectivity index (χ4n) is 3.57. The van der Waals surface area contributed by atoms with Gasteiger partial charge in [-0.15, -0.1) is 0 Å². The summed E-state index contributed by atoms with van der Waals surface area (Å²) < 4.78 is 0. The van der Waals surface area contributed by atoms with Crippen LogP contribution in [0.15, 0.2) is 54.9 Å². The summed E-state index contributed by atoms with van der Waals surface area (Å²) in [5.41, 5.74) is 2.07. The second-order valence-corrected chi connectivity index (χ2v) is 7.03. The van der Waals surface area contributed by atoms with Gasteiger partial charge in [0.1, 0.15) is 5.82 Å². The summed E-state index contributed by atoms with van der Waals surface area (Å²) in [7, 11) is 0. The lowest BCUT2D eigenvalue weighted by atomic mass is 10.1. The first-order chi connectivity index (χ1) is 13.4. The van der Waals surface area contributed by atoms with E-state index >= 15 is 0 Å². The predicted molar refractivity (Wildman–Crippen MR) is 107 cm³/mol. The van der Waals surface area contributed by atoms with Gasteiger partial charge in [0.2, 0.25) is 0 Å². The first kappa shape index (κ1) is 17.7. The van der Waals surface area contributed by atoms with Crippen LogP contribution in [-0.2, 0) is 0 Å². The van der Waals surface area contributed by atoms with Gasteiger partial charge in [-0.1, -0.05) is 24.6 Å². The van der Waals surface area contributed by atoms with Crippen molar-refractivity contribution in [3.63, 3.8) is 0 Å². The topological polar surface area (TPSA) is 69.7 Å². The Balaban J connectivity index is 1.50. The number of nitrogens with zero attached hydrogens (tertiary/aromatic N) is 4. The van der Waals surface area contributed by atoms with Crippen LogP contribution in [0.5, 0.6) is 0 Å². The maximum atomic E-state index is 4.77.